The van der Waals surface area contributed by atoms with Crippen LogP contribution in [0.25, 0.3) is 0 Å². The molecule has 7 nitrogen and oxygen atoms in total. The number of H-pyrrole nitrogens is 1. The van der Waals surface area contributed by atoms with Crippen molar-refractivity contribution in [2.75, 3.05) is 0 Å². The molecule has 0 aliphatic carbocycles. The van der Waals surface area contributed by atoms with Crippen LogP contribution in [0.1, 0.15) is 69.1 Å². The Morgan fingerprint density at radius 2 is 2.00 bits per heavy atom. The van der Waals surface area contributed by atoms with Crippen molar-refractivity contribution in [3.63, 3.8) is 0 Å². The third-order valence-corrected chi connectivity index (χ3v) is 4.18. The highest BCUT2D eigenvalue weighted by Gasteiger charge is 2.29. The molecule has 0 aromatic carbocycles. The van der Waals surface area contributed by atoms with Crippen LogP contribution < -0.4 is 10.5 Å². The Bertz CT molecular complexity index is 593. The van der Waals surface area contributed by atoms with Gasteiger partial charge in [-0.3, -0.25) is 9.89 Å². The Morgan fingerprint density at radius 3 is 2.48 bits per heavy atom. The summed E-state index contributed by atoms with van der Waals surface area (Å²) in [4.78, 5) is 12.0. The number of unbranched alkanes of at least 4 members (excludes halogenated alkanes) is 1. The number of hydrogen-bond donors (Lipinski definition) is 3. The number of aromatic nitrogens is 2. The SMILES string of the molecule is CCCCC(C)NC(=O)c1n[nH]c(C(C)C)c1S(N)(=O)=O. The number of aromatic amines is 1. The van der Waals surface area contributed by atoms with Crippen LogP contribution in [0.4, 0.5) is 0 Å². The molecule has 0 radical (unpaired) electrons. The standard InChI is InChI=1S/C13H24N4O3S/c1-5-6-7-9(4)15-13(18)11-12(21(14,19)20)10(8(2)3)16-17-11/h8-9H,5-7H2,1-4H3,(H,15,18)(H,16,17)(H2,14,19,20). The molecule has 1 heterocycles. The van der Waals surface area contributed by atoms with E-state index >= 15 is 0 Å². The Balaban J connectivity index is 3.06. The minimum absolute atomic E-state index is 0.0509. The molecular formula is C13H24N4O3S. The minimum atomic E-state index is -4.02. The van der Waals surface area contributed by atoms with Gasteiger partial charge < -0.3 is 5.32 Å². The normalized spacial score (nSPS) is 13.4. The molecule has 1 atom stereocenters. The van der Waals surface area contributed by atoms with Gasteiger partial charge in [0.05, 0.1) is 5.69 Å². The molecule has 1 amide bonds. The third-order valence-electron chi connectivity index (χ3n) is 3.19. The van der Waals surface area contributed by atoms with Crippen LogP contribution >= 0.6 is 0 Å². The average Bonchev–Trinajstić information content (AvgIpc) is 2.81. The fraction of sp³-hybridized carbons (Fsp3) is 0.692. The van der Waals surface area contributed by atoms with E-state index in [9.17, 15) is 13.2 Å². The molecule has 1 unspecified atom stereocenters. The zero-order chi connectivity index (χ0) is 16.2. The molecule has 0 bridgehead atoms. The summed E-state index contributed by atoms with van der Waals surface area (Å²) < 4.78 is 23.5. The Kier molecular flexibility index (Phi) is 5.91. The maximum Gasteiger partial charge on any atom is 0.273 e. The minimum Gasteiger partial charge on any atom is -0.348 e. The van der Waals surface area contributed by atoms with Crippen LogP contribution in [0.15, 0.2) is 4.90 Å². The van der Waals surface area contributed by atoms with E-state index in [2.05, 4.69) is 22.4 Å². The molecule has 0 aliphatic rings. The van der Waals surface area contributed by atoms with Gasteiger partial charge >= 0.3 is 0 Å². The van der Waals surface area contributed by atoms with E-state index < -0.39 is 15.9 Å². The third kappa shape index (κ3) is 4.53. The first-order chi connectivity index (χ1) is 9.68. The van der Waals surface area contributed by atoms with Gasteiger partial charge in [-0.15, -0.1) is 0 Å². The van der Waals surface area contributed by atoms with Crippen molar-refractivity contribution in [2.24, 2.45) is 5.14 Å². The molecule has 1 aromatic heterocycles. The van der Waals surface area contributed by atoms with Crippen molar-refractivity contribution >= 4 is 15.9 Å². The molecule has 0 aliphatic heterocycles. The largest absolute Gasteiger partial charge is 0.348 e. The summed E-state index contributed by atoms with van der Waals surface area (Å²) >= 11 is 0. The van der Waals surface area contributed by atoms with Gasteiger partial charge in [0.2, 0.25) is 10.0 Å². The number of primary sulfonamides is 1. The second-order valence-electron chi connectivity index (χ2n) is 5.53. The lowest BCUT2D eigenvalue weighted by atomic mass is 10.1. The summed E-state index contributed by atoms with van der Waals surface area (Å²) in [5.74, 6) is -0.657. The van der Waals surface area contributed by atoms with Crippen molar-refractivity contribution in [1.29, 1.82) is 0 Å². The second-order valence-corrected chi connectivity index (χ2v) is 7.03. The van der Waals surface area contributed by atoms with Crippen molar-refractivity contribution in [1.82, 2.24) is 15.5 Å². The van der Waals surface area contributed by atoms with Crippen molar-refractivity contribution in [2.45, 2.75) is 63.8 Å². The lowest BCUT2D eigenvalue weighted by Gasteiger charge is -2.13. The molecule has 120 valence electrons. The van der Waals surface area contributed by atoms with Crippen molar-refractivity contribution < 1.29 is 13.2 Å². The number of hydrogen-bond acceptors (Lipinski definition) is 4. The lowest BCUT2D eigenvalue weighted by Crippen LogP contribution is -2.34. The van der Waals surface area contributed by atoms with Crippen LogP contribution in [0, 0.1) is 0 Å². The summed E-state index contributed by atoms with van der Waals surface area (Å²) in [6.45, 7) is 7.54. The first kappa shape index (κ1) is 17.6. The average molecular weight is 316 g/mol. The number of nitrogens with one attached hydrogen (secondary N) is 2. The van der Waals surface area contributed by atoms with E-state index in [4.69, 9.17) is 5.14 Å². The van der Waals surface area contributed by atoms with Gasteiger partial charge in [-0.05, 0) is 19.3 Å². The van der Waals surface area contributed by atoms with Gasteiger partial charge in [0.15, 0.2) is 5.69 Å². The molecule has 0 spiro atoms. The molecule has 21 heavy (non-hydrogen) atoms. The van der Waals surface area contributed by atoms with Crippen LogP contribution in [0.5, 0.6) is 0 Å². The first-order valence-corrected chi connectivity index (χ1v) is 8.65. The second kappa shape index (κ2) is 7.04. The number of carbonyl (C=O) groups is 1. The molecule has 1 rings (SSSR count). The van der Waals surface area contributed by atoms with E-state index in [1.54, 1.807) is 13.8 Å². The predicted molar refractivity (Wildman–Crippen MR) is 80.5 cm³/mol. The van der Waals surface area contributed by atoms with E-state index in [-0.39, 0.29) is 22.5 Å². The number of amides is 1. The molecular weight excluding hydrogens is 292 g/mol. The van der Waals surface area contributed by atoms with Gasteiger partial charge in [0.25, 0.3) is 5.91 Å². The van der Waals surface area contributed by atoms with E-state index in [1.807, 2.05) is 6.92 Å². The number of carbonyl (C=O) groups excluding carboxylic acids is 1. The summed E-state index contributed by atoms with van der Waals surface area (Å²) in [5, 5.41) is 14.4. The summed E-state index contributed by atoms with van der Waals surface area (Å²) in [7, 11) is -4.02. The monoisotopic (exact) mass is 316 g/mol. The highest BCUT2D eigenvalue weighted by Crippen LogP contribution is 2.23. The van der Waals surface area contributed by atoms with Crippen LogP contribution in [-0.4, -0.2) is 30.6 Å². The molecule has 8 heteroatoms. The number of sulfonamides is 1. The van der Waals surface area contributed by atoms with Crippen LogP contribution in [0.3, 0.4) is 0 Å². The molecule has 0 saturated heterocycles. The molecule has 4 N–H and O–H groups in total. The van der Waals surface area contributed by atoms with E-state index in [1.165, 1.54) is 0 Å². The maximum absolute atomic E-state index is 12.2. The molecule has 0 saturated carbocycles. The fourth-order valence-electron chi connectivity index (χ4n) is 2.05. The van der Waals surface area contributed by atoms with Crippen LogP contribution in [-0.2, 0) is 10.0 Å². The smallest absolute Gasteiger partial charge is 0.273 e. The highest BCUT2D eigenvalue weighted by molar-refractivity contribution is 7.89. The van der Waals surface area contributed by atoms with Crippen molar-refractivity contribution in [3.05, 3.63) is 11.4 Å². The summed E-state index contributed by atoms with van der Waals surface area (Å²) in [6, 6.07) is -0.0509. The van der Waals surface area contributed by atoms with E-state index in [0.29, 0.717) is 5.69 Å². The van der Waals surface area contributed by atoms with Crippen LogP contribution in [0.2, 0.25) is 0 Å². The topological polar surface area (TPSA) is 118 Å². The van der Waals surface area contributed by atoms with Gasteiger partial charge in [-0.1, -0.05) is 33.6 Å². The number of nitrogens with two attached hydrogens (primary N) is 1. The zero-order valence-corrected chi connectivity index (χ0v) is 13.8. The Hall–Kier alpha value is -1.41. The maximum atomic E-state index is 12.2. The first-order valence-electron chi connectivity index (χ1n) is 7.10. The predicted octanol–water partition coefficient (Wildman–Crippen LogP) is 1.49. The van der Waals surface area contributed by atoms with Gasteiger partial charge in [0.1, 0.15) is 4.90 Å². The molecule has 1 aromatic rings. The van der Waals surface area contributed by atoms with Crippen molar-refractivity contribution in [3.8, 4) is 0 Å². The fourth-order valence-corrected chi connectivity index (χ4v) is 3.05. The van der Waals surface area contributed by atoms with Gasteiger partial charge in [-0.2, -0.15) is 5.10 Å². The Morgan fingerprint density at radius 1 is 1.38 bits per heavy atom. The summed E-state index contributed by atoms with van der Waals surface area (Å²) in [5.41, 5.74) is 0.188. The highest BCUT2D eigenvalue weighted by atomic mass is 32.2. The van der Waals surface area contributed by atoms with Gasteiger partial charge in [0, 0.05) is 6.04 Å². The van der Waals surface area contributed by atoms with E-state index in [0.717, 1.165) is 19.3 Å². The lowest BCUT2D eigenvalue weighted by molar-refractivity contribution is 0.0929. The zero-order valence-electron chi connectivity index (χ0n) is 12.9. The summed E-state index contributed by atoms with van der Waals surface area (Å²) in [6.07, 6.45) is 2.85. The Labute approximate surface area is 125 Å². The number of rotatable bonds is 7. The quantitative estimate of drug-likeness (QED) is 0.706. The van der Waals surface area contributed by atoms with Gasteiger partial charge in [-0.25, -0.2) is 13.6 Å². The number of nitrogens with zero attached hydrogens (tertiary/aromatic N) is 1. The molecule has 0 fully saturated rings.